The Morgan fingerprint density at radius 2 is 1.82 bits per heavy atom. The fourth-order valence-corrected chi connectivity index (χ4v) is 3.54. The molecule has 2 N–H and O–H groups in total. The molecule has 3 aromatic rings. The monoisotopic (exact) mass is 376 g/mol. The molecule has 2 aromatic carbocycles. The molecule has 2 unspecified atom stereocenters. The van der Waals surface area contributed by atoms with E-state index in [9.17, 15) is 9.18 Å². The molecule has 6 heteroatoms. The van der Waals surface area contributed by atoms with Crippen molar-refractivity contribution < 1.29 is 9.18 Å². The number of amides is 1. The zero-order valence-electron chi connectivity index (χ0n) is 15.3. The number of benzene rings is 2. The molecule has 1 fully saturated rings. The Kier molecular flexibility index (Phi) is 5.28. The molecule has 0 bridgehead atoms. The first-order chi connectivity index (χ1) is 13.7. The van der Waals surface area contributed by atoms with E-state index in [-0.39, 0.29) is 23.7 Å². The predicted octanol–water partition coefficient (Wildman–Crippen LogP) is 4.50. The van der Waals surface area contributed by atoms with Crippen LogP contribution in [0.5, 0.6) is 0 Å². The normalized spacial score (nSPS) is 18.6. The summed E-state index contributed by atoms with van der Waals surface area (Å²) in [5, 5.41) is 14.7. The van der Waals surface area contributed by atoms with Gasteiger partial charge < -0.3 is 10.6 Å². The molecule has 5 nitrogen and oxygen atoms in total. The van der Waals surface area contributed by atoms with E-state index < -0.39 is 0 Å². The van der Waals surface area contributed by atoms with Gasteiger partial charge in [0.25, 0.3) is 0 Å². The summed E-state index contributed by atoms with van der Waals surface area (Å²) in [5.41, 5.74) is 2.34. The van der Waals surface area contributed by atoms with Crippen LogP contribution in [0.4, 0.5) is 15.9 Å². The second-order valence-electron chi connectivity index (χ2n) is 7.02. The van der Waals surface area contributed by atoms with Crippen molar-refractivity contribution in [2.45, 2.75) is 25.3 Å². The van der Waals surface area contributed by atoms with E-state index in [0.29, 0.717) is 17.9 Å². The van der Waals surface area contributed by atoms with Gasteiger partial charge in [0.2, 0.25) is 5.91 Å². The number of rotatable bonds is 5. The molecule has 0 spiro atoms. The molecule has 142 valence electrons. The maximum Gasteiger partial charge on any atom is 0.227 e. The standard InChI is InChI=1S/C22H21FN4O/c23-17-7-4-8-18(14-17)25-22(28)16-9-10-19(13-16)24-21-12-11-20(26-27-21)15-5-2-1-3-6-15/h1-8,11-12,14,16,19H,9-10,13H2,(H,24,27)(H,25,28). The van der Waals surface area contributed by atoms with Gasteiger partial charge >= 0.3 is 0 Å². The quantitative estimate of drug-likeness (QED) is 0.688. The predicted molar refractivity (Wildman–Crippen MR) is 107 cm³/mol. The molecule has 1 heterocycles. The molecule has 0 aliphatic heterocycles. The van der Waals surface area contributed by atoms with E-state index in [1.807, 2.05) is 42.5 Å². The summed E-state index contributed by atoms with van der Waals surface area (Å²) in [6.45, 7) is 0. The highest BCUT2D eigenvalue weighted by Gasteiger charge is 2.30. The third-order valence-electron chi connectivity index (χ3n) is 4.98. The van der Waals surface area contributed by atoms with Crippen LogP contribution in [-0.2, 0) is 4.79 Å². The number of hydrogen-bond donors (Lipinski definition) is 2. The first-order valence-corrected chi connectivity index (χ1v) is 9.39. The summed E-state index contributed by atoms with van der Waals surface area (Å²) >= 11 is 0. The van der Waals surface area contributed by atoms with E-state index >= 15 is 0 Å². The lowest BCUT2D eigenvalue weighted by molar-refractivity contribution is -0.119. The van der Waals surface area contributed by atoms with Crippen LogP contribution in [-0.4, -0.2) is 22.1 Å². The van der Waals surface area contributed by atoms with Crippen molar-refractivity contribution in [1.29, 1.82) is 0 Å². The molecule has 2 atom stereocenters. The number of anilines is 2. The van der Waals surface area contributed by atoms with Gasteiger partial charge in [0.15, 0.2) is 0 Å². The van der Waals surface area contributed by atoms with E-state index in [2.05, 4.69) is 20.8 Å². The number of nitrogens with zero attached hydrogens (tertiary/aromatic N) is 2. The lowest BCUT2D eigenvalue weighted by Crippen LogP contribution is -2.23. The van der Waals surface area contributed by atoms with E-state index in [4.69, 9.17) is 0 Å². The third-order valence-corrected chi connectivity index (χ3v) is 4.98. The summed E-state index contributed by atoms with van der Waals surface area (Å²) in [6, 6.07) is 19.9. The van der Waals surface area contributed by atoms with Crippen molar-refractivity contribution in [3.05, 3.63) is 72.5 Å². The van der Waals surface area contributed by atoms with Crippen LogP contribution < -0.4 is 10.6 Å². The Morgan fingerprint density at radius 1 is 0.964 bits per heavy atom. The van der Waals surface area contributed by atoms with Crippen LogP contribution in [0.15, 0.2) is 66.7 Å². The molecule has 1 saturated carbocycles. The van der Waals surface area contributed by atoms with Crippen molar-refractivity contribution in [2.24, 2.45) is 5.92 Å². The van der Waals surface area contributed by atoms with E-state index in [1.165, 1.54) is 12.1 Å². The minimum atomic E-state index is -0.360. The summed E-state index contributed by atoms with van der Waals surface area (Å²) in [6.07, 6.45) is 2.38. The van der Waals surface area contributed by atoms with Gasteiger partial charge in [-0.05, 0) is 49.6 Å². The Labute approximate surface area is 163 Å². The Balaban J connectivity index is 1.32. The van der Waals surface area contributed by atoms with Crippen LogP contribution in [0.2, 0.25) is 0 Å². The van der Waals surface area contributed by atoms with Crippen LogP contribution >= 0.6 is 0 Å². The van der Waals surface area contributed by atoms with Gasteiger partial charge in [-0.2, -0.15) is 0 Å². The minimum Gasteiger partial charge on any atom is -0.366 e. The van der Waals surface area contributed by atoms with Gasteiger partial charge in [0.05, 0.1) is 5.69 Å². The van der Waals surface area contributed by atoms with Gasteiger partial charge in [0.1, 0.15) is 11.6 Å². The number of nitrogens with one attached hydrogen (secondary N) is 2. The van der Waals surface area contributed by atoms with Crippen LogP contribution in [0.25, 0.3) is 11.3 Å². The maximum atomic E-state index is 13.3. The topological polar surface area (TPSA) is 66.9 Å². The van der Waals surface area contributed by atoms with Crippen LogP contribution in [0, 0.1) is 11.7 Å². The van der Waals surface area contributed by atoms with Gasteiger partial charge in [0, 0.05) is 23.2 Å². The minimum absolute atomic E-state index is 0.0691. The largest absolute Gasteiger partial charge is 0.366 e. The zero-order chi connectivity index (χ0) is 19.3. The van der Waals surface area contributed by atoms with Gasteiger partial charge in [-0.25, -0.2) is 4.39 Å². The smallest absolute Gasteiger partial charge is 0.227 e. The third kappa shape index (κ3) is 4.34. The second kappa shape index (κ2) is 8.17. The lowest BCUT2D eigenvalue weighted by Gasteiger charge is -2.14. The fraction of sp³-hybridized carbons (Fsp3) is 0.227. The van der Waals surface area contributed by atoms with Crippen molar-refractivity contribution in [3.8, 4) is 11.3 Å². The highest BCUT2D eigenvalue weighted by atomic mass is 19.1. The molecule has 0 radical (unpaired) electrons. The Bertz CT molecular complexity index is 946. The lowest BCUT2D eigenvalue weighted by atomic mass is 10.1. The number of hydrogen-bond acceptors (Lipinski definition) is 4. The van der Waals surface area contributed by atoms with Gasteiger partial charge in [-0.15, -0.1) is 10.2 Å². The van der Waals surface area contributed by atoms with Gasteiger partial charge in [-0.3, -0.25) is 4.79 Å². The molecular formula is C22H21FN4O. The number of halogens is 1. The molecule has 1 aliphatic carbocycles. The average molecular weight is 376 g/mol. The first-order valence-electron chi connectivity index (χ1n) is 9.39. The van der Waals surface area contributed by atoms with Crippen molar-refractivity contribution in [1.82, 2.24) is 10.2 Å². The highest BCUT2D eigenvalue weighted by Crippen LogP contribution is 2.29. The SMILES string of the molecule is O=C(Nc1cccc(F)c1)C1CCC(Nc2ccc(-c3ccccc3)nn2)C1. The molecule has 28 heavy (non-hydrogen) atoms. The Morgan fingerprint density at radius 3 is 2.57 bits per heavy atom. The molecule has 1 amide bonds. The van der Waals surface area contributed by atoms with Crippen molar-refractivity contribution in [3.63, 3.8) is 0 Å². The summed E-state index contributed by atoms with van der Waals surface area (Å²) in [5.74, 6) is 0.176. The molecule has 4 rings (SSSR count). The van der Waals surface area contributed by atoms with Crippen LogP contribution in [0.3, 0.4) is 0 Å². The number of carbonyl (C=O) groups is 1. The first kappa shape index (κ1) is 18.1. The molecule has 1 aliphatic rings. The van der Waals surface area contributed by atoms with Gasteiger partial charge in [-0.1, -0.05) is 36.4 Å². The van der Waals surface area contributed by atoms with Crippen LogP contribution in [0.1, 0.15) is 19.3 Å². The highest BCUT2D eigenvalue weighted by molar-refractivity contribution is 5.92. The summed E-state index contributed by atoms with van der Waals surface area (Å²) < 4.78 is 13.3. The maximum absolute atomic E-state index is 13.3. The van der Waals surface area contributed by atoms with Crippen molar-refractivity contribution in [2.75, 3.05) is 10.6 Å². The molecule has 0 saturated heterocycles. The van der Waals surface area contributed by atoms with E-state index in [1.54, 1.807) is 12.1 Å². The van der Waals surface area contributed by atoms with E-state index in [0.717, 1.165) is 24.1 Å². The number of aromatic nitrogens is 2. The average Bonchev–Trinajstić information content (AvgIpc) is 3.18. The zero-order valence-corrected chi connectivity index (χ0v) is 15.3. The fourth-order valence-electron chi connectivity index (χ4n) is 3.54. The Hall–Kier alpha value is -3.28. The van der Waals surface area contributed by atoms with Crippen molar-refractivity contribution >= 4 is 17.4 Å². The second-order valence-corrected chi connectivity index (χ2v) is 7.02. The number of carbonyl (C=O) groups excluding carboxylic acids is 1. The molecular weight excluding hydrogens is 355 g/mol. The molecule has 1 aromatic heterocycles. The summed E-state index contributed by atoms with van der Waals surface area (Å²) in [4.78, 5) is 12.4. The summed E-state index contributed by atoms with van der Waals surface area (Å²) in [7, 11) is 0.